The fraction of sp³-hybridized carbons (Fsp3) is 0.261. The van der Waals surface area contributed by atoms with E-state index in [4.69, 9.17) is 5.73 Å². The number of anilines is 1. The number of benzene rings is 1. The zero-order valence-corrected chi connectivity index (χ0v) is 19.5. The van der Waals surface area contributed by atoms with Crippen molar-refractivity contribution in [3.05, 3.63) is 42.2 Å². The van der Waals surface area contributed by atoms with Gasteiger partial charge in [0.15, 0.2) is 11.9 Å². The zero-order chi connectivity index (χ0) is 28.8. The summed E-state index contributed by atoms with van der Waals surface area (Å²) in [5.41, 5.74) is 2.74. The molecule has 2 aromatic heterocycles. The molecule has 1 unspecified atom stereocenters. The lowest BCUT2D eigenvalue weighted by atomic mass is 9.99. The second-order valence-corrected chi connectivity index (χ2v) is 8.18. The molecule has 204 valence electrons. The number of amides is 1. The first-order valence-electron chi connectivity index (χ1n) is 10.6. The summed E-state index contributed by atoms with van der Waals surface area (Å²) in [6.07, 6.45) is -9.83. The molecule has 0 spiro atoms. The first kappa shape index (κ1) is 27.4. The number of halogens is 6. The summed E-state index contributed by atoms with van der Waals surface area (Å²) in [6, 6.07) is 4.39. The highest BCUT2D eigenvalue weighted by molar-refractivity contribution is 5.93. The van der Waals surface area contributed by atoms with Gasteiger partial charge in [0, 0.05) is 24.2 Å². The van der Waals surface area contributed by atoms with E-state index >= 15 is 0 Å². The number of hydrogen-bond donors (Lipinski definition) is 2. The van der Waals surface area contributed by atoms with Crippen LogP contribution in [0.15, 0.2) is 36.7 Å². The van der Waals surface area contributed by atoms with E-state index in [-0.39, 0.29) is 28.3 Å². The number of rotatable bonds is 3. The Labute approximate surface area is 214 Å². The molecule has 3 aromatic rings. The molecular formula is C23H15F6N5O5. The fourth-order valence-electron chi connectivity index (χ4n) is 3.63. The maximum atomic E-state index is 13.1. The lowest BCUT2D eigenvalue weighted by Crippen LogP contribution is -2.47. The summed E-state index contributed by atoms with van der Waals surface area (Å²) in [5, 5.41) is 11.2. The summed E-state index contributed by atoms with van der Waals surface area (Å²) in [4.78, 5) is 36.6. The normalized spacial score (nSPS) is 19.5. The van der Waals surface area contributed by atoms with E-state index in [1.54, 1.807) is 0 Å². The van der Waals surface area contributed by atoms with E-state index < -0.39 is 48.4 Å². The molecule has 2 atom stereocenters. The van der Waals surface area contributed by atoms with Crippen molar-refractivity contribution in [2.24, 2.45) is 0 Å². The number of hydrogen-bond acceptors (Lipinski definition) is 9. The average Bonchev–Trinajstić information content (AvgIpc) is 3.05. The van der Waals surface area contributed by atoms with Crippen molar-refractivity contribution in [2.45, 2.75) is 24.2 Å². The number of aromatic nitrogens is 3. The molecule has 39 heavy (non-hydrogen) atoms. The average molecular weight is 555 g/mol. The van der Waals surface area contributed by atoms with Crippen molar-refractivity contribution >= 4 is 28.6 Å². The van der Waals surface area contributed by atoms with Crippen LogP contribution in [0.4, 0.5) is 32.2 Å². The molecule has 1 fully saturated rings. The van der Waals surface area contributed by atoms with Gasteiger partial charge in [0.1, 0.15) is 11.6 Å². The Morgan fingerprint density at radius 2 is 1.92 bits per heavy atom. The van der Waals surface area contributed by atoms with Crippen LogP contribution in [-0.2, 0) is 14.3 Å². The van der Waals surface area contributed by atoms with Crippen LogP contribution in [0.5, 0.6) is 5.75 Å². The third kappa shape index (κ3) is 5.62. The van der Waals surface area contributed by atoms with Gasteiger partial charge in [-0.2, -0.15) is 13.2 Å². The maximum Gasteiger partial charge on any atom is 0.573 e. The molecular weight excluding hydrogens is 540 g/mol. The number of fused-ring (bicyclic) bond motifs is 1. The molecule has 3 N–H and O–H groups in total. The van der Waals surface area contributed by atoms with Crippen LogP contribution in [0.25, 0.3) is 22.3 Å². The molecule has 1 aromatic carbocycles. The van der Waals surface area contributed by atoms with Crippen molar-refractivity contribution in [1.29, 1.82) is 0 Å². The van der Waals surface area contributed by atoms with Crippen LogP contribution < -0.4 is 10.5 Å². The molecule has 0 saturated carbocycles. The molecule has 0 bridgehead atoms. The molecule has 16 heteroatoms. The van der Waals surface area contributed by atoms with Crippen LogP contribution in [0.2, 0.25) is 0 Å². The predicted octanol–water partition coefficient (Wildman–Crippen LogP) is 2.20. The first-order valence-corrected chi connectivity index (χ1v) is 10.6. The summed E-state index contributed by atoms with van der Waals surface area (Å²) < 4.78 is 85.6. The van der Waals surface area contributed by atoms with Crippen LogP contribution in [0, 0.1) is 11.8 Å². The lowest BCUT2D eigenvalue weighted by Gasteiger charge is -2.21. The predicted molar refractivity (Wildman–Crippen MR) is 119 cm³/mol. The van der Waals surface area contributed by atoms with Gasteiger partial charge in [-0.15, -0.1) is 13.2 Å². The molecule has 0 aliphatic carbocycles. The Balaban J connectivity index is 1.78. The van der Waals surface area contributed by atoms with Gasteiger partial charge in [-0.05, 0) is 30.2 Å². The molecule has 1 aliphatic heterocycles. The van der Waals surface area contributed by atoms with Crippen molar-refractivity contribution in [3.63, 3.8) is 0 Å². The van der Waals surface area contributed by atoms with Crippen molar-refractivity contribution < 1.29 is 50.5 Å². The molecule has 1 aliphatic rings. The summed E-state index contributed by atoms with van der Waals surface area (Å²) >= 11 is 0. The van der Waals surface area contributed by atoms with Gasteiger partial charge < -0.3 is 25.2 Å². The number of carbonyl (C=O) groups is 2. The van der Waals surface area contributed by atoms with E-state index in [0.717, 1.165) is 30.1 Å². The Kier molecular flexibility index (Phi) is 6.73. The SMILES string of the molecule is CN1CC(OC(=O)C(F)(F)F)[C@](O)(C#Cc2ccc(OC(F)(F)F)c(-c3nc(N)c4ccncc4n3)c2)C1=O. The second-order valence-electron chi connectivity index (χ2n) is 8.18. The van der Waals surface area contributed by atoms with E-state index in [1.165, 1.54) is 18.5 Å². The standard InChI is InChI=1S/C23H15F6N5O5/c1-34-10-16(38-20(36)22(24,25)26)21(37,19(34)35)6-4-11-2-3-15(39-23(27,28)29)13(8-11)18-32-14-9-31-7-5-12(14)17(30)33-18/h2-3,5,7-9,16,37H,10H2,1H3,(H2,30,32,33)/t16?,21-/m1/s1. The molecule has 1 amide bonds. The highest BCUT2D eigenvalue weighted by Gasteiger charge is 2.56. The van der Waals surface area contributed by atoms with Crippen molar-refractivity contribution in [3.8, 4) is 29.0 Å². The van der Waals surface area contributed by atoms with E-state index in [2.05, 4.69) is 36.3 Å². The van der Waals surface area contributed by atoms with Crippen LogP contribution in [-0.4, -0.2) is 74.7 Å². The zero-order valence-electron chi connectivity index (χ0n) is 19.5. The minimum Gasteiger partial charge on any atom is -0.449 e. The summed E-state index contributed by atoms with van der Waals surface area (Å²) in [5.74, 6) is -0.563. The quantitative estimate of drug-likeness (QED) is 0.283. The first-order chi connectivity index (χ1) is 18.1. The van der Waals surface area contributed by atoms with Gasteiger partial charge in [0.2, 0.25) is 5.60 Å². The number of aliphatic hydroxyl groups is 1. The van der Waals surface area contributed by atoms with Crippen molar-refractivity contribution in [1.82, 2.24) is 19.9 Å². The fourth-order valence-corrected chi connectivity index (χ4v) is 3.63. The number of carbonyl (C=O) groups excluding carboxylic acids is 2. The minimum absolute atomic E-state index is 0.0879. The number of likely N-dealkylation sites (N-methyl/N-ethyl adjacent to an activating group) is 1. The van der Waals surface area contributed by atoms with Crippen LogP contribution >= 0.6 is 0 Å². The number of nitrogens with zero attached hydrogens (tertiary/aromatic N) is 4. The minimum atomic E-state index is -5.40. The van der Waals surface area contributed by atoms with E-state index in [9.17, 15) is 41.0 Å². The topological polar surface area (TPSA) is 141 Å². The van der Waals surface area contributed by atoms with Gasteiger partial charge in [0.05, 0.1) is 23.8 Å². The molecule has 1 saturated heterocycles. The van der Waals surface area contributed by atoms with E-state index in [0.29, 0.717) is 5.39 Å². The number of alkyl halides is 6. The Morgan fingerprint density at radius 3 is 2.59 bits per heavy atom. The van der Waals surface area contributed by atoms with E-state index in [1.807, 2.05) is 0 Å². The third-order valence-corrected chi connectivity index (χ3v) is 5.43. The molecule has 0 radical (unpaired) electrons. The van der Waals surface area contributed by atoms with Gasteiger partial charge in [0.25, 0.3) is 5.91 Å². The Bertz CT molecular complexity index is 1530. The number of ether oxygens (including phenoxy) is 2. The maximum absolute atomic E-state index is 13.1. The highest BCUT2D eigenvalue weighted by Crippen LogP contribution is 2.35. The smallest absolute Gasteiger partial charge is 0.449 e. The van der Waals surface area contributed by atoms with Crippen LogP contribution in [0.3, 0.4) is 0 Å². The Hall–Kier alpha value is -4.65. The summed E-state index contributed by atoms with van der Waals surface area (Å²) in [7, 11) is 1.13. The highest BCUT2D eigenvalue weighted by atomic mass is 19.4. The summed E-state index contributed by atoms with van der Waals surface area (Å²) in [6.45, 7) is -0.603. The molecule has 3 heterocycles. The number of esters is 1. The number of nitrogens with two attached hydrogens (primary N) is 1. The number of nitrogen functional groups attached to an aromatic ring is 1. The lowest BCUT2D eigenvalue weighted by molar-refractivity contribution is -0.274. The molecule has 4 rings (SSSR count). The number of pyridine rings is 1. The second kappa shape index (κ2) is 9.58. The molecule has 10 nitrogen and oxygen atoms in total. The van der Waals surface area contributed by atoms with Gasteiger partial charge in [-0.25, -0.2) is 14.8 Å². The number of likely N-dealkylation sites (tertiary alicyclic amines) is 1. The van der Waals surface area contributed by atoms with Gasteiger partial charge in [-0.1, -0.05) is 5.92 Å². The monoisotopic (exact) mass is 555 g/mol. The van der Waals surface area contributed by atoms with Crippen LogP contribution in [0.1, 0.15) is 5.56 Å². The third-order valence-electron chi connectivity index (χ3n) is 5.43. The largest absolute Gasteiger partial charge is 0.573 e. The Morgan fingerprint density at radius 1 is 1.21 bits per heavy atom. The van der Waals surface area contributed by atoms with Gasteiger partial charge in [-0.3, -0.25) is 9.78 Å². The van der Waals surface area contributed by atoms with Crippen molar-refractivity contribution in [2.75, 3.05) is 19.3 Å². The van der Waals surface area contributed by atoms with Gasteiger partial charge >= 0.3 is 18.5 Å².